The zero-order valence-corrected chi connectivity index (χ0v) is 12.4. The van der Waals surface area contributed by atoms with Crippen molar-refractivity contribution in [2.24, 2.45) is 0 Å². The largest absolute Gasteiger partial charge is 0.323 e. The highest BCUT2D eigenvalue weighted by Crippen LogP contribution is 2.16. The summed E-state index contributed by atoms with van der Waals surface area (Å²) in [5.41, 5.74) is 2.76. The molecule has 106 valence electrons. The van der Waals surface area contributed by atoms with Gasteiger partial charge in [-0.2, -0.15) is 11.3 Å². The molecule has 0 aliphatic rings. The van der Waals surface area contributed by atoms with Gasteiger partial charge in [0.25, 0.3) is 0 Å². The van der Waals surface area contributed by atoms with Gasteiger partial charge in [-0.15, -0.1) is 0 Å². The number of benzene rings is 1. The van der Waals surface area contributed by atoms with Crippen molar-refractivity contribution in [2.75, 3.05) is 12.4 Å². The average molecular weight is 297 g/mol. The Morgan fingerprint density at radius 1 is 1.33 bits per heavy atom. The van der Waals surface area contributed by atoms with Crippen LogP contribution in [0.3, 0.4) is 0 Å². The number of nitrogens with one attached hydrogen (secondary N) is 1. The number of aromatic nitrogens is 1. The van der Waals surface area contributed by atoms with Crippen LogP contribution < -0.4 is 5.32 Å². The topological polar surface area (TPSA) is 45.2 Å². The van der Waals surface area contributed by atoms with Crippen molar-refractivity contribution in [1.29, 1.82) is 0 Å². The van der Waals surface area contributed by atoms with Crippen LogP contribution in [-0.2, 0) is 6.54 Å². The van der Waals surface area contributed by atoms with Gasteiger partial charge in [0.1, 0.15) is 0 Å². The summed E-state index contributed by atoms with van der Waals surface area (Å²) in [7, 11) is 1.78. The second kappa shape index (κ2) is 5.93. The smallest absolute Gasteiger partial charge is 0.321 e. The lowest BCUT2D eigenvalue weighted by Crippen LogP contribution is -2.30. The highest BCUT2D eigenvalue weighted by atomic mass is 32.1. The SMILES string of the molecule is CN(Cc1ccsc1)C(=O)Nc1cnc2ccccc2c1. The van der Waals surface area contributed by atoms with Crippen LogP contribution in [0.4, 0.5) is 10.5 Å². The van der Waals surface area contributed by atoms with Crippen molar-refractivity contribution in [2.45, 2.75) is 6.54 Å². The molecule has 0 atom stereocenters. The zero-order valence-electron chi connectivity index (χ0n) is 11.6. The molecule has 2 heterocycles. The van der Waals surface area contributed by atoms with E-state index in [9.17, 15) is 4.79 Å². The van der Waals surface area contributed by atoms with Gasteiger partial charge in [0.15, 0.2) is 0 Å². The van der Waals surface area contributed by atoms with Crippen LogP contribution in [-0.4, -0.2) is 23.0 Å². The number of thiophene rings is 1. The molecule has 0 fully saturated rings. The van der Waals surface area contributed by atoms with Gasteiger partial charge in [-0.25, -0.2) is 4.79 Å². The summed E-state index contributed by atoms with van der Waals surface area (Å²) < 4.78 is 0. The van der Waals surface area contributed by atoms with Crippen LogP contribution in [0.25, 0.3) is 10.9 Å². The Morgan fingerprint density at radius 2 is 2.19 bits per heavy atom. The second-order valence-corrected chi connectivity index (χ2v) is 5.61. The minimum atomic E-state index is -0.140. The van der Waals surface area contributed by atoms with E-state index in [1.54, 1.807) is 29.5 Å². The maximum Gasteiger partial charge on any atom is 0.321 e. The van der Waals surface area contributed by atoms with Gasteiger partial charge >= 0.3 is 6.03 Å². The number of hydrogen-bond acceptors (Lipinski definition) is 3. The molecule has 0 radical (unpaired) electrons. The van der Waals surface area contributed by atoms with Crippen molar-refractivity contribution >= 4 is 34.0 Å². The molecule has 3 aromatic rings. The third-order valence-corrected chi connectivity index (χ3v) is 3.92. The number of fused-ring (bicyclic) bond motifs is 1. The molecule has 0 saturated heterocycles. The quantitative estimate of drug-likeness (QED) is 0.795. The van der Waals surface area contributed by atoms with Crippen LogP contribution in [0.15, 0.2) is 53.4 Å². The molecule has 4 nitrogen and oxygen atoms in total. The molecule has 5 heteroatoms. The molecule has 1 aromatic carbocycles. The molecule has 0 aliphatic carbocycles. The number of pyridine rings is 1. The fraction of sp³-hybridized carbons (Fsp3) is 0.125. The van der Waals surface area contributed by atoms with Crippen LogP contribution in [0.1, 0.15) is 5.56 Å². The fourth-order valence-corrected chi connectivity index (χ4v) is 2.75. The Kier molecular flexibility index (Phi) is 3.83. The van der Waals surface area contributed by atoms with Crippen molar-refractivity contribution in [3.8, 4) is 0 Å². The van der Waals surface area contributed by atoms with E-state index < -0.39 is 0 Å². The Morgan fingerprint density at radius 3 is 3.00 bits per heavy atom. The Bertz CT molecular complexity index is 755. The average Bonchev–Trinajstić information content (AvgIpc) is 3.00. The van der Waals surface area contributed by atoms with E-state index in [0.29, 0.717) is 12.2 Å². The monoisotopic (exact) mass is 297 g/mol. The van der Waals surface area contributed by atoms with Crippen molar-refractivity contribution in [1.82, 2.24) is 9.88 Å². The zero-order chi connectivity index (χ0) is 14.7. The summed E-state index contributed by atoms with van der Waals surface area (Å²) in [5.74, 6) is 0. The van der Waals surface area contributed by atoms with Crippen molar-refractivity contribution in [3.63, 3.8) is 0 Å². The van der Waals surface area contributed by atoms with E-state index in [0.717, 1.165) is 16.5 Å². The van der Waals surface area contributed by atoms with E-state index >= 15 is 0 Å². The molecule has 0 aliphatic heterocycles. The number of carbonyl (C=O) groups excluding carboxylic acids is 1. The van der Waals surface area contributed by atoms with E-state index in [4.69, 9.17) is 0 Å². The molecule has 21 heavy (non-hydrogen) atoms. The van der Waals surface area contributed by atoms with Gasteiger partial charge in [0.05, 0.1) is 17.4 Å². The molecule has 2 amide bonds. The number of urea groups is 1. The molecule has 0 bridgehead atoms. The predicted octanol–water partition coefficient (Wildman–Crippen LogP) is 3.96. The standard InChI is InChI=1S/C16H15N3OS/c1-19(10-12-6-7-21-11-12)16(20)18-14-8-13-4-2-3-5-15(13)17-9-14/h2-9,11H,10H2,1H3,(H,18,20). The van der Waals surface area contributed by atoms with Gasteiger partial charge < -0.3 is 10.2 Å². The summed E-state index contributed by atoms with van der Waals surface area (Å²) in [6, 6.07) is 11.6. The molecule has 0 saturated carbocycles. The first-order valence-electron chi connectivity index (χ1n) is 6.60. The molecule has 2 aromatic heterocycles. The third-order valence-electron chi connectivity index (χ3n) is 3.19. The Hall–Kier alpha value is -2.40. The molecular formula is C16H15N3OS. The van der Waals surface area contributed by atoms with Crippen LogP contribution >= 0.6 is 11.3 Å². The predicted molar refractivity (Wildman–Crippen MR) is 86.5 cm³/mol. The third kappa shape index (κ3) is 3.20. The highest BCUT2D eigenvalue weighted by molar-refractivity contribution is 7.07. The summed E-state index contributed by atoms with van der Waals surface area (Å²) in [6.07, 6.45) is 1.68. The van der Waals surface area contributed by atoms with Gasteiger partial charge in [-0.05, 0) is 34.5 Å². The van der Waals surface area contributed by atoms with E-state index in [-0.39, 0.29) is 6.03 Å². The molecule has 1 N–H and O–H groups in total. The van der Waals surface area contributed by atoms with Gasteiger partial charge in [-0.1, -0.05) is 18.2 Å². The lowest BCUT2D eigenvalue weighted by Gasteiger charge is -2.17. The summed E-state index contributed by atoms with van der Waals surface area (Å²) in [5, 5.41) is 7.94. The lowest BCUT2D eigenvalue weighted by atomic mass is 10.2. The van der Waals surface area contributed by atoms with Crippen molar-refractivity contribution in [3.05, 3.63) is 58.9 Å². The van der Waals surface area contributed by atoms with Gasteiger partial charge in [0.2, 0.25) is 0 Å². The summed E-state index contributed by atoms with van der Waals surface area (Å²) in [4.78, 5) is 18.2. The maximum atomic E-state index is 12.2. The fourth-order valence-electron chi connectivity index (χ4n) is 2.09. The highest BCUT2D eigenvalue weighted by Gasteiger charge is 2.10. The minimum absolute atomic E-state index is 0.140. The van der Waals surface area contributed by atoms with E-state index in [1.165, 1.54) is 0 Å². The lowest BCUT2D eigenvalue weighted by molar-refractivity contribution is 0.221. The second-order valence-electron chi connectivity index (χ2n) is 4.83. The number of rotatable bonds is 3. The number of amides is 2. The van der Waals surface area contributed by atoms with E-state index in [2.05, 4.69) is 10.3 Å². The Labute approximate surface area is 127 Å². The van der Waals surface area contributed by atoms with Crippen LogP contribution in [0, 0.1) is 0 Å². The maximum absolute atomic E-state index is 12.2. The van der Waals surface area contributed by atoms with Crippen LogP contribution in [0.5, 0.6) is 0 Å². The summed E-state index contributed by atoms with van der Waals surface area (Å²) >= 11 is 1.63. The number of carbonyl (C=O) groups is 1. The van der Waals surface area contributed by atoms with Crippen LogP contribution in [0.2, 0.25) is 0 Å². The Balaban J connectivity index is 1.70. The van der Waals surface area contributed by atoms with Gasteiger partial charge in [-0.3, -0.25) is 4.98 Å². The first kappa shape index (κ1) is 13.6. The normalized spacial score (nSPS) is 10.5. The van der Waals surface area contributed by atoms with Crippen molar-refractivity contribution < 1.29 is 4.79 Å². The minimum Gasteiger partial charge on any atom is -0.323 e. The first-order chi connectivity index (χ1) is 10.2. The van der Waals surface area contributed by atoms with E-state index in [1.807, 2.05) is 47.2 Å². The number of para-hydroxylation sites is 1. The van der Waals surface area contributed by atoms with Gasteiger partial charge in [0, 0.05) is 19.0 Å². The first-order valence-corrected chi connectivity index (χ1v) is 7.54. The summed E-state index contributed by atoms with van der Waals surface area (Å²) in [6.45, 7) is 0.594. The number of hydrogen-bond donors (Lipinski definition) is 1. The molecule has 3 rings (SSSR count). The molecule has 0 spiro atoms. The number of anilines is 1. The number of nitrogens with zero attached hydrogens (tertiary/aromatic N) is 2. The molecule has 0 unspecified atom stereocenters. The molecular weight excluding hydrogens is 282 g/mol.